The highest BCUT2D eigenvalue weighted by Crippen LogP contribution is 2.10. The summed E-state index contributed by atoms with van der Waals surface area (Å²) in [5.74, 6) is 0.258. The van der Waals surface area contributed by atoms with Crippen LogP contribution in [0.5, 0.6) is 0 Å². The monoisotopic (exact) mass is 262 g/mol. The predicted molar refractivity (Wildman–Crippen MR) is 70.6 cm³/mol. The molecule has 2 rings (SSSR count). The van der Waals surface area contributed by atoms with Crippen LogP contribution in [0.3, 0.4) is 0 Å². The van der Waals surface area contributed by atoms with Crippen LogP contribution < -0.4 is 0 Å². The van der Waals surface area contributed by atoms with Crippen LogP contribution in [0.15, 0.2) is 34.5 Å². The Morgan fingerprint density at radius 2 is 1.79 bits per heavy atom. The normalized spacial score (nSPS) is 15.3. The number of furan rings is 1. The lowest BCUT2D eigenvalue weighted by Gasteiger charge is -2.33. The van der Waals surface area contributed by atoms with E-state index >= 15 is 0 Å². The lowest BCUT2D eigenvalue weighted by molar-refractivity contribution is -0.127. The van der Waals surface area contributed by atoms with E-state index in [0.29, 0.717) is 31.9 Å². The third kappa shape index (κ3) is 3.24. The Bertz CT molecular complexity index is 479. The van der Waals surface area contributed by atoms with Gasteiger partial charge in [-0.05, 0) is 26.0 Å². The van der Waals surface area contributed by atoms with Crippen molar-refractivity contribution in [3.8, 4) is 0 Å². The Hall–Kier alpha value is -2.04. The van der Waals surface area contributed by atoms with Crippen molar-refractivity contribution in [3.05, 3.63) is 35.8 Å². The van der Waals surface area contributed by atoms with Crippen molar-refractivity contribution < 1.29 is 14.0 Å². The van der Waals surface area contributed by atoms with Crippen molar-refractivity contribution in [3.63, 3.8) is 0 Å². The molecule has 1 aromatic heterocycles. The van der Waals surface area contributed by atoms with E-state index in [9.17, 15) is 9.59 Å². The first-order valence-corrected chi connectivity index (χ1v) is 6.34. The first-order valence-electron chi connectivity index (χ1n) is 6.34. The topological polar surface area (TPSA) is 53.8 Å². The number of nitrogens with zero attached hydrogens (tertiary/aromatic N) is 2. The number of hydrogen-bond donors (Lipinski definition) is 0. The highest BCUT2D eigenvalue weighted by atomic mass is 16.3. The van der Waals surface area contributed by atoms with Crippen molar-refractivity contribution in [1.29, 1.82) is 0 Å². The summed E-state index contributed by atoms with van der Waals surface area (Å²) >= 11 is 0. The largest absolute Gasteiger partial charge is 0.459 e. The average Bonchev–Trinajstić information content (AvgIpc) is 2.91. The average molecular weight is 262 g/mol. The SMILES string of the molecule is CC(C)=CC(=O)N1CCN(C(=O)c2ccco2)CC1. The highest BCUT2D eigenvalue weighted by Gasteiger charge is 2.25. The summed E-state index contributed by atoms with van der Waals surface area (Å²) in [6, 6.07) is 3.35. The summed E-state index contributed by atoms with van der Waals surface area (Å²) in [6.07, 6.45) is 3.12. The fourth-order valence-corrected chi connectivity index (χ4v) is 2.02. The van der Waals surface area contributed by atoms with Gasteiger partial charge in [0, 0.05) is 32.3 Å². The quantitative estimate of drug-likeness (QED) is 0.759. The minimum Gasteiger partial charge on any atom is -0.459 e. The van der Waals surface area contributed by atoms with Gasteiger partial charge in [0.1, 0.15) is 0 Å². The maximum atomic E-state index is 12.0. The summed E-state index contributed by atoms with van der Waals surface area (Å²) in [5.41, 5.74) is 0.985. The zero-order valence-electron chi connectivity index (χ0n) is 11.3. The number of allylic oxidation sites excluding steroid dienone is 1. The van der Waals surface area contributed by atoms with Gasteiger partial charge in [-0.3, -0.25) is 9.59 Å². The second-order valence-electron chi connectivity index (χ2n) is 4.82. The zero-order chi connectivity index (χ0) is 13.8. The molecule has 2 heterocycles. The number of rotatable bonds is 2. The van der Waals surface area contributed by atoms with Gasteiger partial charge in [0.15, 0.2) is 5.76 Å². The molecule has 1 fully saturated rings. The van der Waals surface area contributed by atoms with Crippen molar-refractivity contribution in [2.24, 2.45) is 0 Å². The molecule has 5 heteroatoms. The summed E-state index contributed by atoms with van der Waals surface area (Å²) in [7, 11) is 0. The number of hydrogen-bond acceptors (Lipinski definition) is 3. The molecule has 1 saturated heterocycles. The van der Waals surface area contributed by atoms with E-state index < -0.39 is 0 Å². The molecule has 5 nitrogen and oxygen atoms in total. The van der Waals surface area contributed by atoms with Crippen LogP contribution in [-0.4, -0.2) is 47.8 Å². The Labute approximate surface area is 112 Å². The van der Waals surface area contributed by atoms with Gasteiger partial charge >= 0.3 is 0 Å². The maximum Gasteiger partial charge on any atom is 0.289 e. The lowest BCUT2D eigenvalue weighted by Crippen LogP contribution is -2.50. The molecule has 1 aliphatic rings. The molecule has 1 aliphatic heterocycles. The van der Waals surface area contributed by atoms with Gasteiger partial charge in [-0.25, -0.2) is 0 Å². The van der Waals surface area contributed by atoms with E-state index in [1.54, 1.807) is 28.0 Å². The minimum absolute atomic E-state index is 0.0186. The molecule has 2 amide bonds. The summed E-state index contributed by atoms with van der Waals surface area (Å²) in [4.78, 5) is 27.3. The second-order valence-corrected chi connectivity index (χ2v) is 4.82. The van der Waals surface area contributed by atoms with Crippen LogP contribution >= 0.6 is 0 Å². The predicted octanol–water partition coefficient (Wildman–Crippen LogP) is 1.53. The number of carbonyl (C=O) groups excluding carboxylic acids is 2. The van der Waals surface area contributed by atoms with Crippen LogP contribution in [0.4, 0.5) is 0 Å². The van der Waals surface area contributed by atoms with Crippen LogP contribution in [0.1, 0.15) is 24.4 Å². The Morgan fingerprint density at radius 3 is 2.32 bits per heavy atom. The van der Waals surface area contributed by atoms with Crippen molar-refractivity contribution in [1.82, 2.24) is 9.80 Å². The fourth-order valence-electron chi connectivity index (χ4n) is 2.02. The van der Waals surface area contributed by atoms with Crippen molar-refractivity contribution >= 4 is 11.8 Å². The van der Waals surface area contributed by atoms with Crippen molar-refractivity contribution in [2.45, 2.75) is 13.8 Å². The number of piperazine rings is 1. The molecule has 0 aliphatic carbocycles. The van der Waals surface area contributed by atoms with Crippen LogP contribution in [0.25, 0.3) is 0 Å². The van der Waals surface area contributed by atoms with E-state index in [0.717, 1.165) is 5.57 Å². The number of carbonyl (C=O) groups is 2. The molecule has 102 valence electrons. The molecule has 0 aromatic carbocycles. The van der Waals surface area contributed by atoms with E-state index in [-0.39, 0.29) is 11.8 Å². The molecule has 1 aromatic rings. The fraction of sp³-hybridized carbons (Fsp3) is 0.429. The zero-order valence-corrected chi connectivity index (χ0v) is 11.3. The highest BCUT2D eigenvalue weighted by molar-refractivity contribution is 5.92. The van der Waals surface area contributed by atoms with Gasteiger partial charge in [-0.2, -0.15) is 0 Å². The van der Waals surface area contributed by atoms with Gasteiger partial charge in [-0.1, -0.05) is 5.57 Å². The molecule has 0 spiro atoms. The van der Waals surface area contributed by atoms with Gasteiger partial charge in [-0.15, -0.1) is 0 Å². The Kier molecular flexibility index (Phi) is 4.04. The van der Waals surface area contributed by atoms with E-state index in [4.69, 9.17) is 4.42 Å². The van der Waals surface area contributed by atoms with Crippen LogP contribution in [0.2, 0.25) is 0 Å². The number of amides is 2. The maximum absolute atomic E-state index is 12.0. The van der Waals surface area contributed by atoms with E-state index in [2.05, 4.69) is 0 Å². The Morgan fingerprint density at radius 1 is 1.16 bits per heavy atom. The summed E-state index contributed by atoms with van der Waals surface area (Å²) < 4.78 is 5.09. The standard InChI is InChI=1S/C14H18N2O3/c1-11(2)10-13(17)15-5-7-16(8-6-15)14(18)12-4-3-9-19-12/h3-4,9-10H,5-8H2,1-2H3. The first-order chi connectivity index (χ1) is 9.08. The van der Waals surface area contributed by atoms with Gasteiger partial charge in [0.2, 0.25) is 5.91 Å². The third-order valence-electron chi connectivity index (χ3n) is 3.02. The van der Waals surface area contributed by atoms with E-state index in [1.165, 1.54) is 6.26 Å². The third-order valence-corrected chi connectivity index (χ3v) is 3.02. The van der Waals surface area contributed by atoms with Crippen LogP contribution in [-0.2, 0) is 4.79 Å². The van der Waals surface area contributed by atoms with Crippen LogP contribution in [0, 0.1) is 0 Å². The Balaban J connectivity index is 1.91. The molecular formula is C14H18N2O3. The minimum atomic E-state index is -0.112. The molecule has 0 radical (unpaired) electrons. The van der Waals surface area contributed by atoms with Gasteiger partial charge in [0.25, 0.3) is 5.91 Å². The smallest absolute Gasteiger partial charge is 0.289 e. The molecule has 0 N–H and O–H groups in total. The first kappa shape index (κ1) is 13.4. The lowest BCUT2D eigenvalue weighted by atomic mass is 10.2. The molecule has 0 saturated carbocycles. The molecule has 0 unspecified atom stereocenters. The molecular weight excluding hydrogens is 244 g/mol. The summed E-state index contributed by atoms with van der Waals surface area (Å²) in [5, 5.41) is 0. The molecule has 0 atom stereocenters. The second kappa shape index (κ2) is 5.73. The van der Waals surface area contributed by atoms with E-state index in [1.807, 2.05) is 13.8 Å². The molecule has 0 bridgehead atoms. The van der Waals surface area contributed by atoms with Gasteiger partial charge < -0.3 is 14.2 Å². The molecule has 19 heavy (non-hydrogen) atoms. The van der Waals surface area contributed by atoms with Crippen molar-refractivity contribution in [2.75, 3.05) is 26.2 Å². The summed E-state index contributed by atoms with van der Waals surface area (Å²) in [6.45, 7) is 6.01. The van der Waals surface area contributed by atoms with Gasteiger partial charge in [0.05, 0.1) is 6.26 Å².